The minimum absolute atomic E-state index is 0.722. The van der Waals surface area contributed by atoms with E-state index < -0.39 is 0 Å². The van der Waals surface area contributed by atoms with Gasteiger partial charge in [-0.3, -0.25) is 4.90 Å². The van der Waals surface area contributed by atoms with E-state index in [0.29, 0.717) is 0 Å². The third kappa shape index (κ3) is 4.72. The largest absolute Gasteiger partial charge is 0.383 e. The second-order valence-corrected chi connectivity index (χ2v) is 6.77. The summed E-state index contributed by atoms with van der Waals surface area (Å²) in [4.78, 5) is 2.64. The molecule has 0 spiro atoms. The van der Waals surface area contributed by atoms with E-state index in [2.05, 4.69) is 28.9 Å². The zero-order valence-electron chi connectivity index (χ0n) is 11.9. The molecule has 2 rings (SSSR count). The Morgan fingerprint density at radius 2 is 2.22 bits per heavy atom. The SMILES string of the molecule is COCCN(CCC1CSCCN1)C(C)C1CC1. The highest BCUT2D eigenvalue weighted by Gasteiger charge is 2.31. The van der Waals surface area contributed by atoms with Crippen molar-refractivity contribution in [2.75, 3.05) is 44.9 Å². The Hall–Kier alpha value is 0.230. The maximum atomic E-state index is 5.25. The van der Waals surface area contributed by atoms with Crippen LogP contribution in [-0.4, -0.2) is 61.8 Å². The summed E-state index contributed by atoms with van der Waals surface area (Å²) in [6.45, 7) is 6.76. The predicted octanol–water partition coefficient (Wildman–Crippen LogP) is 1.83. The fraction of sp³-hybridized carbons (Fsp3) is 1.00. The molecule has 1 aliphatic heterocycles. The Labute approximate surface area is 116 Å². The van der Waals surface area contributed by atoms with Gasteiger partial charge in [-0.05, 0) is 32.1 Å². The van der Waals surface area contributed by atoms with Crippen molar-refractivity contribution in [1.82, 2.24) is 10.2 Å². The van der Waals surface area contributed by atoms with E-state index in [1.165, 1.54) is 43.9 Å². The highest BCUT2D eigenvalue weighted by molar-refractivity contribution is 7.99. The van der Waals surface area contributed by atoms with Gasteiger partial charge in [-0.15, -0.1) is 0 Å². The number of thioether (sulfide) groups is 1. The highest BCUT2D eigenvalue weighted by Crippen LogP contribution is 2.35. The molecule has 1 N–H and O–H groups in total. The molecule has 18 heavy (non-hydrogen) atoms. The Morgan fingerprint density at radius 1 is 1.39 bits per heavy atom. The van der Waals surface area contributed by atoms with Crippen molar-refractivity contribution in [3.05, 3.63) is 0 Å². The van der Waals surface area contributed by atoms with Crippen LogP contribution in [0.3, 0.4) is 0 Å². The van der Waals surface area contributed by atoms with Crippen LogP contribution >= 0.6 is 11.8 Å². The van der Waals surface area contributed by atoms with Gasteiger partial charge < -0.3 is 10.1 Å². The first-order valence-electron chi connectivity index (χ1n) is 7.35. The molecule has 2 fully saturated rings. The summed E-state index contributed by atoms with van der Waals surface area (Å²) in [7, 11) is 1.80. The first kappa shape index (κ1) is 14.6. The molecule has 0 amide bonds. The number of methoxy groups -OCH3 is 1. The molecule has 1 heterocycles. The summed E-state index contributed by atoms with van der Waals surface area (Å²) in [5, 5.41) is 3.64. The lowest BCUT2D eigenvalue weighted by atomic mass is 10.1. The van der Waals surface area contributed by atoms with E-state index in [4.69, 9.17) is 4.74 Å². The molecule has 0 radical (unpaired) electrons. The summed E-state index contributed by atoms with van der Waals surface area (Å²) >= 11 is 2.09. The third-order valence-corrected chi connectivity index (χ3v) is 5.36. The van der Waals surface area contributed by atoms with Gasteiger partial charge in [-0.25, -0.2) is 0 Å². The van der Waals surface area contributed by atoms with Gasteiger partial charge in [0.2, 0.25) is 0 Å². The summed E-state index contributed by atoms with van der Waals surface area (Å²) in [6.07, 6.45) is 4.15. The van der Waals surface area contributed by atoms with Crippen LogP contribution < -0.4 is 5.32 Å². The Kier molecular flexibility index (Phi) is 6.29. The van der Waals surface area contributed by atoms with Crippen molar-refractivity contribution in [2.24, 2.45) is 5.92 Å². The Balaban J connectivity index is 1.72. The Morgan fingerprint density at radius 3 is 2.83 bits per heavy atom. The van der Waals surface area contributed by atoms with Crippen LogP contribution in [0.1, 0.15) is 26.2 Å². The maximum absolute atomic E-state index is 5.25. The van der Waals surface area contributed by atoms with E-state index in [1.807, 2.05) is 0 Å². The standard InChI is InChI=1S/C14H28N2OS/c1-12(13-3-4-13)16(8-9-17-2)7-5-14-11-18-10-6-15-14/h12-15H,3-11H2,1-2H3. The molecule has 1 saturated heterocycles. The lowest BCUT2D eigenvalue weighted by Gasteiger charge is -2.31. The van der Waals surface area contributed by atoms with Gasteiger partial charge >= 0.3 is 0 Å². The van der Waals surface area contributed by atoms with Crippen LogP contribution in [0.15, 0.2) is 0 Å². The minimum Gasteiger partial charge on any atom is -0.383 e. The minimum atomic E-state index is 0.722. The van der Waals surface area contributed by atoms with Crippen LogP contribution in [0.2, 0.25) is 0 Å². The zero-order valence-corrected chi connectivity index (χ0v) is 12.7. The number of ether oxygens (including phenoxy) is 1. The molecular formula is C14H28N2OS. The van der Waals surface area contributed by atoms with E-state index in [1.54, 1.807) is 7.11 Å². The fourth-order valence-electron chi connectivity index (χ4n) is 2.73. The van der Waals surface area contributed by atoms with E-state index in [-0.39, 0.29) is 0 Å². The first-order chi connectivity index (χ1) is 8.81. The summed E-state index contributed by atoms with van der Waals surface area (Å²) in [5.41, 5.74) is 0. The summed E-state index contributed by atoms with van der Waals surface area (Å²) < 4.78 is 5.25. The monoisotopic (exact) mass is 272 g/mol. The van der Waals surface area contributed by atoms with Crippen LogP contribution in [-0.2, 0) is 4.74 Å². The molecule has 2 aliphatic rings. The molecule has 106 valence electrons. The van der Waals surface area contributed by atoms with Gasteiger partial charge in [-0.1, -0.05) is 0 Å². The highest BCUT2D eigenvalue weighted by atomic mass is 32.2. The average Bonchev–Trinajstić information content (AvgIpc) is 3.24. The molecule has 3 nitrogen and oxygen atoms in total. The van der Waals surface area contributed by atoms with Crippen molar-refractivity contribution in [2.45, 2.75) is 38.3 Å². The quantitative estimate of drug-likeness (QED) is 0.728. The van der Waals surface area contributed by atoms with Crippen LogP contribution in [0.25, 0.3) is 0 Å². The van der Waals surface area contributed by atoms with Gasteiger partial charge in [0.15, 0.2) is 0 Å². The first-order valence-corrected chi connectivity index (χ1v) is 8.51. The van der Waals surface area contributed by atoms with Gasteiger partial charge in [0.05, 0.1) is 6.61 Å². The van der Waals surface area contributed by atoms with Crippen LogP contribution in [0.5, 0.6) is 0 Å². The molecule has 4 heteroatoms. The van der Waals surface area contributed by atoms with Crippen molar-refractivity contribution >= 4 is 11.8 Å². The zero-order chi connectivity index (χ0) is 12.8. The number of hydrogen-bond acceptors (Lipinski definition) is 4. The van der Waals surface area contributed by atoms with Gasteiger partial charge in [0.25, 0.3) is 0 Å². The Bertz CT molecular complexity index is 230. The van der Waals surface area contributed by atoms with Crippen LogP contribution in [0, 0.1) is 5.92 Å². The predicted molar refractivity (Wildman–Crippen MR) is 79.4 cm³/mol. The molecular weight excluding hydrogens is 244 g/mol. The molecule has 0 bridgehead atoms. The van der Waals surface area contributed by atoms with Crippen molar-refractivity contribution < 1.29 is 4.74 Å². The molecule has 0 aromatic heterocycles. The molecule has 2 atom stereocenters. The number of rotatable bonds is 8. The fourth-order valence-corrected chi connectivity index (χ4v) is 3.73. The van der Waals surface area contributed by atoms with Crippen LogP contribution in [0.4, 0.5) is 0 Å². The number of nitrogens with one attached hydrogen (secondary N) is 1. The lowest BCUT2D eigenvalue weighted by Crippen LogP contribution is -2.43. The van der Waals surface area contributed by atoms with E-state index >= 15 is 0 Å². The van der Waals surface area contributed by atoms with Gasteiger partial charge in [0, 0.05) is 50.3 Å². The molecule has 0 aromatic rings. The summed E-state index contributed by atoms with van der Waals surface area (Å²) in [5.74, 6) is 3.52. The lowest BCUT2D eigenvalue weighted by molar-refractivity contribution is 0.114. The van der Waals surface area contributed by atoms with Crippen molar-refractivity contribution in [1.29, 1.82) is 0 Å². The second kappa shape index (κ2) is 7.73. The molecule has 1 saturated carbocycles. The average molecular weight is 272 g/mol. The third-order valence-electron chi connectivity index (χ3n) is 4.23. The second-order valence-electron chi connectivity index (χ2n) is 5.62. The topological polar surface area (TPSA) is 24.5 Å². The van der Waals surface area contributed by atoms with Crippen molar-refractivity contribution in [3.8, 4) is 0 Å². The van der Waals surface area contributed by atoms with Gasteiger partial charge in [-0.2, -0.15) is 11.8 Å². The summed E-state index contributed by atoms with van der Waals surface area (Å²) in [6, 6.07) is 1.47. The number of hydrogen-bond donors (Lipinski definition) is 1. The van der Waals surface area contributed by atoms with Crippen molar-refractivity contribution in [3.63, 3.8) is 0 Å². The normalized spacial score (nSPS) is 26.5. The maximum Gasteiger partial charge on any atom is 0.0589 e. The molecule has 0 aromatic carbocycles. The van der Waals surface area contributed by atoms with Gasteiger partial charge in [0.1, 0.15) is 0 Å². The molecule has 1 aliphatic carbocycles. The number of nitrogens with zero attached hydrogens (tertiary/aromatic N) is 1. The molecule has 2 unspecified atom stereocenters. The smallest absolute Gasteiger partial charge is 0.0589 e. The van der Waals surface area contributed by atoms with E-state index in [0.717, 1.165) is 31.2 Å². The van der Waals surface area contributed by atoms with E-state index in [9.17, 15) is 0 Å².